The Labute approximate surface area is 138 Å². The van der Waals surface area contributed by atoms with E-state index < -0.39 is 0 Å². The van der Waals surface area contributed by atoms with E-state index in [4.69, 9.17) is 0 Å². The van der Waals surface area contributed by atoms with Crippen molar-refractivity contribution in [1.82, 2.24) is 15.6 Å². The summed E-state index contributed by atoms with van der Waals surface area (Å²) >= 11 is 1.76. The number of aryl methyl sites for hydroxylation is 2. The van der Waals surface area contributed by atoms with Gasteiger partial charge in [-0.05, 0) is 26.2 Å². The van der Waals surface area contributed by atoms with Crippen molar-refractivity contribution < 1.29 is 0 Å². The summed E-state index contributed by atoms with van der Waals surface area (Å²) in [5.41, 5.74) is 1.14. The smallest absolute Gasteiger partial charge is 0.191 e. The predicted octanol–water partition coefficient (Wildman–Crippen LogP) is 3.79. The summed E-state index contributed by atoms with van der Waals surface area (Å²) in [6, 6.07) is 0. The molecule has 0 radical (unpaired) electrons. The van der Waals surface area contributed by atoms with E-state index in [9.17, 15) is 0 Å². The highest BCUT2D eigenvalue weighted by Gasteiger charge is 2.13. The van der Waals surface area contributed by atoms with E-state index in [1.807, 2.05) is 7.05 Å². The quantitative estimate of drug-likeness (QED) is 0.456. The van der Waals surface area contributed by atoms with Gasteiger partial charge in [0.2, 0.25) is 0 Å². The molecule has 2 N–H and O–H groups in total. The molecule has 0 saturated heterocycles. The topological polar surface area (TPSA) is 49.3 Å². The van der Waals surface area contributed by atoms with Crippen LogP contribution in [-0.2, 0) is 6.54 Å². The van der Waals surface area contributed by atoms with Crippen molar-refractivity contribution in [3.63, 3.8) is 0 Å². The van der Waals surface area contributed by atoms with Crippen LogP contribution in [0.5, 0.6) is 0 Å². The Balaban J connectivity index is 1.58. The Morgan fingerprint density at radius 1 is 1.23 bits per heavy atom. The predicted molar refractivity (Wildman–Crippen MR) is 95.6 cm³/mol. The molecule has 1 aliphatic rings. The van der Waals surface area contributed by atoms with E-state index in [-0.39, 0.29) is 0 Å². The summed E-state index contributed by atoms with van der Waals surface area (Å²) in [5, 5.41) is 7.87. The van der Waals surface area contributed by atoms with E-state index in [1.165, 1.54) is 49.8 Å². The zero-order valence-corrected chi connectivity index (χ0v) is 15.1. The Hall–Kier alpha value is -1.10. The van der Waals surface area contributed by atoms with Gasteiger partial charge in [-0.1, -0.05) is 38.5 Å². The number of nitrogens with zero attached hydrogens (tertiary/aromatic N) is 2. The Morgan fingerprint density at radius 3 is 2.64 bits per heavy atom. The summed E-state index contributed by atoms with van der Waals surface area (Å²) in [6.45, 7) is 5.93. The van der Waals surface area contributed by atoms with Crippen molar-refractivity contribution in [2.75, 3.05) is 13.6 Å². The van der Waals surface area contributed by atoms with Crippen LogP contribution in [0.1, 0.15) is 60.5 Å². The van der Waals surface area contributed by atoms with Gasteiger partial charge in [-0.2, -0.15) is 0 Å². The van der Waals surface area contributed by atoms with Crippen LogP contribution in [0.2, 0.25) is 0 Å². The van der Waals surface area contributed by atoms with Crippen molar-refractivity contribution in [2.45, 2.75) is 65.3 Å². The highest BCUT2D eigenvalue weighted by molar-refractivity contribution is 7.11. The third kappa shape index (κ3) is 5.59. The number of guanidine groups is 1. The Bertz CT molecular complexity index is 456. The molecule has 0 aromatic carbocycles. The second kappa shape index (κ2) is 9.13. The van der Waals surface area contributed by atoms with Gasteiger partial charge in [0.25, 0.3) is 0 Å². The number of rotatable bonds is 7. The van der Waals surface area contributed by atoms with Crippen LogP contribution in [-0.4, -0.2) is 24.5 Å². The SMILES string of the molecule is CN=C(NCCCCC1CCCC1)NCc1nc(C)c(C)s1. The van der Waals surface area contributed by atoms with Crippen LogP contribution < -0.4 is 10.6 Å². The molecule has 1 heterocycles. The summed E-state index contributed by atoms with van der Waals surface area (Å²) in [5.74, 6) is 1.89. The first-order chi connectivity index (χ1) is 10.7. The van der Waals surface area contributed by atoms with Crippen molar-refractivity contribution in [3.8, 4) is 0 Å². The number of aromatic nitrogens is 1. The van der Waals surface area contributed by atoms with E-state index in [2.05, 4.69) is 34.5 Å². The third-order valence-corrected chi connectivity index (χ3v) is 5.58. The molecule has 0 spiro atoms. The molecule has 0 unspecified atom stereocenters. The van der Waals surface area contributed by atoms with Crippen LogP contribution in [0.3, 0.4) is 0 Å². The van der Waals surface area contributed by atoms with Gasteiger partial charge in [0.05, 0.1) is 12.2 Å². The highest BCUT2D eigenvalue weighted by atomic mass is 32.1. The maximum atomic E-state index is 4.54. The maximum absolute atomic E-state index is 4.54. The minimum absolute atomic E-state index is 0.751. The van der Waals surface area contributed by atoms with Gasteiger partial charge in [0.1, 0.15) is 5.01 Å². The molecule has 4 nitrogen and oxygen atoms in total. The Morgan fingerprint density at radius 2 is 2.00 bits per heavy atom. The van der Waals surface area contributed by atoms with E-state index in [1.54, 1.807) is 11.3 Å². The standard InChI is InChI=1S/C17H30N4S/c1-13-14(2)22-16(21-13)12-20-17(18-3)19-11-7-6-10-15-8-4-5-9-15/h15H,4-12H2,1-3H3,(H2,18,19,20). The zero-order chi connectivity index (χ0) is 15.8. The molecular weight excluding hydrogens is 292 g/mol. The first-order valence-electron chi connectivity index (χ1n) is 8.56. The Kier molecular flexibility index (Phi) is 7.16. The van der Waals surface area contributed by atoms with Crippen molar-refractivity contribution >= 4 is 17.3 Å². The zero-order valence-electron chi connectivity index (χ0n) is 14.2. The summed E-state index contributed by atoms with van der Waals surface area (Å²) in [7, 11) is 1.83. The molecule has 2 rings (SSSR count). The average molecular weight is 323 g/mol. The molecule has 1 aliphatic carbocycles. The molecule has 0 bridgehead atoms. The molecule has 0 atom stereocenters. The molecule has 0 aliphatic heterocycles. The van der Waals surface area contributed by atoms with Crippen molar-refractivity contribution in [2.24, 2.45) is 10.9 Å². The third-order valence-electron chi connectivity index (χ3n) is 4.51. The van der Waals surface area contributed by atoms with Gasteiger partial charge < -0.3 is 10.6 Å². The number of aliphatic imine (C=N–C) groups is 1. The maximum Gasteiger partial charge on any atom is 0.191 e. The summed E-state index contributed by atoms with van der Waals surface area (Å²) < 4.78 is 0. The minimum Gasteiger partial charge on any atom is -0.356 e. The lowest BCUT2D eigenvalue weighted by atomic mass is 10.0. The van der Waals surface area contributed by atoms with E-state index in [0.717, 1.165) is 35.7 Å². The van der Waals surface area contributed by atoms with Crippen LogP contribution in [0.25, 0.3) is 0 Å². The van der Waals surface area contributed by atoms with Gasteiger partial charge in [0, 0.05) is 18.5 Å². The molecule has 1 aromatic rings. The normalized spacial score (nSPS) is 16.2. The van der Waals surface area contributed by atoms with Crippen LogP contribution in [0.4, 0.5) is 0 Å². The molecular formula is C17H30N4S. The summed E-state index contributed by atoms with van der Waals surface area (Å²) in [6.07, 6.45) is 9.80. The molecule has 1 saturated carbocycles. The van der Waals surface area contributed by atoms with Gasteiger partial charge in [-0.15, -0.1) is 11.3 Å². The number of hydrogen-bond acceptors (Lipinski definition) is 3. The van der Waals surface area contributed by atoms with Crippen LogP contribution >= 0.6 is 11.3 Å². The van der Waals surface area contributed by atoms with Crippen LogP contribution in [0.15, 0.2) is 4.99 Å². The van der Waals surface area contributed by atoms with Crippen molar-refractivity contribution in [1.29, 1.82) is 0 Å². The molecule has 0 amide bonds. The lowest BCUT2D eigenvalue weighted by molar-refractivity contribution is 0.472. The van der Waals surface area contributed by atoms with E-state index in [0.29, 0.717) is 0 Å². The molecule has 22 heavy (non-hydrogen) atoms. The molecule has 124 valence electrons. The largest absolute Gasteiger partial charge is 0.356 e. The lowest BCUT2D eigenvalue weighted by Gasteiger charge is -2.12. The number of thiazole rings is 1. The average Bonchev–Trinajstić information content (AvgIpc) is 3.12. The first kappa shape index (κ1) is 17.3. The highest BCUT2D eigenvalue weighted by Crippen LogP contribution is 2.28. The minimum atomic E-state index is 0.751. The number of hydrogen-bond donors (Lipinski definition) is 2. The van der Waals surface area contributed by atoms with Gasteiger partial charge >= 0.3 is 0 Å². The molecule has 1 aromatic heterocycles. The fraction of sp³-hybridized carbons (Fsp3) is 0.765. The molecule has 1 fully saturated rings. The second-order valence-electron chi connectivity index (χ2n) is 6.25. The fourth-order valence-corrected chi connectivity index (χ4v) is 3.93. The first-order valence-corrected chi connectivity index (χ1v) is 9.38. The number of nitrogens with one attached hydrogen (secondary N) is 2. The second-order valence-corrected chi connectivity index (χ2v) is 7.54. The molecule has 5 heteroatoms. The fourth-order valence-electron chi connectivity index (χ4n) is 3.06. The monoisotopic (exact) mass is 322 g/mol. The van der Waals surface area contributed by atoms with Crippen molar-refractivity contribution in [3.05, 3.63) is 15.6 Å². The van der Waals surface area contributed by atoms with E-state index >= 15 is 0 Å². The van der Waals surface area contributed by atoms with Gasteiger partial charge in [0.15, 0.2) is 5.96 Å². The van der Waals surface area contributed by atoms with Gasteiger partial charge in [-0.25, -0.2) is 4.98 Å². The number of unbranched alkanes of at least 4 members (excludes halogenated alkanes) is 1. The summed E-state index contributed by atoms with van der Waals surface area (Å²) in [4.78, 5) is 10.1. The lowest BCUT2D eigenvalue weighted by Crippen LogP contribution is -2.37. The van der Waals surface area contributed by atoms with Gasteiger partial charge in [-0.3, -0.25) is 4.99 Å². The van der Waals surface area contributed by atoms with Crippen LogP contribution in [0, 0.1) is 19.8 Å².